The van der Waals surface area contributed by atoms with Crippen molar-refractivity contribution >= 4 is 21.7 Å². The van der Waals surface area contributed by atoms with Crippen LogP contribution in [0.1, 0.15) is 36.8 Å². The number of carbonyl (C=O) groups excluding carboxylic acids is 1. The van der Waals surface area contributed by atoms with Crippen molar-refractivity contribution in [2.75, 3.05) is 11.1 Å². The van der Waals surface area contributed by atoms with Crippen LogP contribution in [0.5, 0.6) is 0 Å². The molecule has 0 aliphatic heterocycles. The standard InChI is InChI=1S/C21H25NO4S/c1-2-17-10-13-20(14-11-17)22-21(23)15-12-19(9-6-16-27(24,25)26)18-7-4-3-5-8-18/h3-5,7-8,10-15,19H,2,6,9,16H2,1H3,(H,22,23)(H,24,25,26). The van der Waals surface area contributed by atoms with Gasteiger partial charge in [-0.05, 0) is 48.6 Å². The van der Waals surface area contributed by atoms with Crippen molar-refractivity contribution in [1.29, 1.82) is 0 Å². The number of aryl methyl sites for hydroxylation is 1. The molecule has 0 heterocycles. The van der Waals surface area contributed by atoms with Crippen LogP contribution in [0.2, 0.25) is 0 Å². The maximum absolute atomic E-state index is 12.2. The molecule has 27 heavy (non-hydrogen) atoms. The van der Waals surface area contributed by atoms with Crippen LogP contribution in [-0.4, -0.2) is 24.6 Å². The van der Waals surface area contributed by atoms with Gasteiger partial charge in [-0.1, -0.05) is 55.5 Å². The normalized spacial score (nSPS) is 12.8. The molecule has 0 saturated heterocycles. The molecule has 2 rings (SSSR count). The average molecular weight is 388 g/mol. The van der Waals surface area contributed by atoms with Crippen LogP contribution < -0.4 is 5.32 Å². The lowest BCUT2D eigenvalue weighted by molar-refractivity contribution is -0.111. The van der Waals surface area contributed by atoms with E-state index < -0.39 is 10.1 Å². The SMILES string of the molecule is CCc1ccc(NC(=O)C=CC(CCCS(=O)(=O)O)c2ccccc2)cc1. The highest BCUT2D eigenvalue weighted by Crippen LogP contribution is 2.23. The van der Waals surface area contributed by atoms with E-state index in [1.54, 1.807) is 6.08 Å². The molecule has 5 nitrogen and oxygen atoms in total. The Morgan fingerprint density at radius 3 is 2.37 bits per heavy atom. The lowest BCUT2D eigenvalue weighted by Crippen LogP contribution is -2.09. The predicted molar refractivity (Wildman–Crippen MR) is 108 cm³/mol. The van der Waals surface area contributed by atoms with Crippen LogP contribution in [0, 0.1) is 0 Å². The van der Waals surface area contributed by atoms with Crippen LogP contribution >= 0.6 is 0 Å². The molecule has 2 N–H and O–H groups in total. The van der Waals surface area contributed by atoms with Crippen molar-refractivity contribution in [1.82, 2.24) is 0 Å². The number of anilines is 1. The maximum Gasteiger partial charge on any atom is 0.264 e. The number of amides is 1. The van der Waals surface area contributed by atoms with Gasteiger partial charge in [0.15, 0.2) is 0 Å². The molecule has 0 aromatic heterocycles. The summed E-state index contributed by atoms with van der Waals surface area (Å²) in [5.41, 5.74) is 2.92. The fourth-order valence-corrected chi connectivity index (χ4v) is 3.30. The number of allylic oxidation sites excluding steroid dienone is 1. The number of nitrogens with one attached hydrogen (secondary N) is 1. The second kappa shape index (κ2) is 10.0. The first kappa shape index (κ1) is 20.9. The van der Waals surface area contributed by atoms with Crippen molar-refractivity contribution in [3.63, 3.8) is 0 Å². The second-order valence-electron chi connectivity index (χ2n) is 6.34. The minimum atomic E-state index is -3.98. The number of carbonyl (C=O) groups is 1. The molecular formula is C21H25NO4S. The van der Waals surface area contributed by atoms with E-state index in [2.05, 4.69) is 12.2 Å². The molecule has 0 saturated carbocycles. The molecule has 144 valence electrons. The second-order valence-corrected chi connectivity index (χ2v) is 7.92. The summed E-state index contributed by atoms with van der Waals surface area (Å²) in [6.45, 7) is 2.07. The quantitative estimate of drug-likeness (QED) is 0.499. The van der Waals surface area contributed by atoms with E-state index in [9.17, 15) is 13.2 Å². The molecular weight excluding hydrogens is 362 g/mol. The summed E-state index contributed by atoms with van der Waals surface area (Å²) < 4.78 is 30.8. The fourth-order valence-electron chi connectivity index (χ4n) is 2.77. The summed E-state index contributed by atoms with van der Waals surface area (Å²) in [4.78, 5) is 12.2. The Bertz CT molecular complexity index is 859. The van der Waals surface area contributed by atoms with Gasteiger partial charge in [0.1, 0.15) is 0 Å². The van der Waals surface area contributed by atoms with E-state index in [1.165, 1.54) is 11.6 Å². The Morgan fingerprint density at radius 1 is 1.11 bits per heavy atom. The van der Waals surface area contributed by atoms with E-state index >= 15 is 0 Å². The zero-order chi connectivity index (χ0) is 19.7. The summed E-state index contributed by atoms with van der Waals surface area (Å²) >= 11 is 0. The number of rotatable bonds is 9. The van der Waals surface area contributed by atoms with Gasteiger partial charge in [0.2, 0.25) is 5.91 Å². The zero-order valence-electron chi connectivity index (χ0n) is 15.3. The third-order valence-electron chi connectivity index (χ3n) is 4.25. The van der Waals surface area contributed by atoms with Gasteiger partial charge in [-0.15, -0.1) is 0 Å². The number of hydrogen-bond donors (Lipinski definition) is 2. The Hall–Kier alpha value is -2.44. The monoisotopic (exact) mass is 387 g/mol. The third-order valence-corrected chi connectivity index (χ3v) is 5.06. The van der Waals surface area contributed by atoms with E-state index in [-0.39, 0.29) is 17.6 Å². The first-order valence-corrected chi connectivity index (χ1v) is 10.6. The fraction of sp³-hybridized carbons (Fsp3) is 0.286. The number of benzene rings is 2. The van der Waals surface area contributed by atoms with Gasteiger partial charge < -0.3 is 5.32 Å². The van der Waals surface area contributed by atoms with Crippen LogP contribution in [0.25, 0.3) is 0 Å². The Kier molecular flexibility index (Phi) is 7.76. The van der Waals surface area contributed by atoms with Gasteiger partial charge in [-0.3, -0.25) is 9.35 Å². The molecule has 0 aliphatic carbocycles. The first-order valence-electron chi connectivity index (χ1n) is 8.95. The van der Waals surface area contributed by atoms with Gasteiger partial charge in [0.05, 0.1) is 5.75 Å². The van der Waals surface area contributed by atoms with Gasteiger partial charge in [-0.25, -0.2) is 0 Å². The van der Waals surface area contributed by atoms with Crippen LogP contribution in [0.4, 0.5) is 5.69 Å². The highest BCUT2D eigenvalue weighted by atomic mass is 32.2. The topological polar surface area (TPSA) is 83.5 Å². The van der Waals surface area contributed by atoms with E-state index in [0.29, 0.717) is 12.8 Å². The van der Waals surface area contributed by atoms with Crippen molar-refractivity contribution in [2.45, 2.75) is 32.1 Å². The highest BCUT2D eigenvalue weighted by molar-refractivity contribution is 7.85. The van der Waals surface area contributed by atoms with E-state index in [1.807, 2.05) is 54.6 Å². The molecule has 1 atom stereocenters. The Balaban J connectivity index is 2.02. The van der Waals surface area contributed by atoms with Crippen molar-refractivity contribution in [2.24, 2.45) is 0 Å². The molecule has 0 spiro atoms. The van der Waals surface area contributed by atoms with E-state index in [4.69, 9.17) is 4.55 Å². The molecule has 0 fully saturated rings. The van der Waals surface area contributed by atoms with Gasteiger partial charge in [0.25, 0.3) is 10.1 Å². The molecule has 0 aliphatic rings. The van der Waals surface area contributed by atoms with Crippen LogP contribution in [0.15, 0.2) is 66.7 Å². The highest BCUT2D eigenvalue weighted by Gasteiger charge is 2.11. The molecule has 6 heteroatoms. The summed E-state index contributed by atoms with van der Waals surface area (Å²) in [5.74, 6) is -0.642. The van der Waals surface area contributed by atoms with E-state index in [0.717, 1.165) is 17.7 Å². The van der Waals surface area contributed by atoms with Crippen LogP contribution in [-0.2, 0) is 21.3 Å². The lowest BCUT2D eigenvalue weighted by atomic mass is 9.94. The van der Waals surface area contributed by atoms with Gasteiger partial charge in [-0.2, -0.15) is 8.42 Å². The first-order chi connectivity index (χ1) is 12.9. The number of hydrogen-bond acceptors (Lipinski definition) is 3. The third kappa shape index (κ3) is 7.76. The van der Waals surface area contributed by atoms with Crippen molar-refractivity contribution in [3.8, 4) is 0 Å². The molecule has 2 aromatic rings. The minimum absolute atomic E-state index is 0.110. The molecule has 1 amide bonds. The molecule has 0 radical (unpaired) electrons. The smallest absolute Gasteiger partial charge is 0.264 e. The van der Waals surface area contributed by atoms with Crippen molar-refractivity contribution < 1.29 is 17.8 Å². The zero-order valence-corrected chi connectivity index (χ0v) is 16.2. The summed E-state index contributed by atoms with van der Waals surface area (Å²) in [5, 5.41) is 2.82. The average Bonchev–Trinajstić information content (AvgIpc) is 2.65. The van der Waals surface area contributed by atoms with Crippen LogP contribution in [0.3, 0.4) is 0 Å². The maximum atomic E-state index is 12.2. The lowest BCUT2D eigenvalue weighted by Gasteiger charge is -2.13. The van der Waals surface area contributed by atoms with Crippen molar-refractivity contribution in [3.05, 3.63) is 77.9 Å². The van der Waals surface area contributed by atoms with Gasteiger partial charge in [0, 0.05) is 11.6 Å². The summed E-state index contributed by atoms with van der Waals surface area (Å²) in [6.07, 6.45) is 5.01. The molecule has 2 aromatic carbocycles. The predicted octanol–water partition coefficient (Wildman–Crippen LogP) is 4.20. The Labute approximate surface area is 160 Å². The molecule has 1 unspecified atom stereocenters. The largest absolute Gasteiger partial charge is 0.323 e. The van der Waals surface area contributed by atoms with Gasteiger partial charge >= 0.3 is 0 Å². The Morgan fingerprint density at radius 2 is 1.78 bits per heavy atom. The minimum Gasteiger partial charge on any atom is -0.323 e. The molecule has 0 bridgehead atoms. The summed E-state index contributed by atoms with van der Waals surface area (Å²) in [6, 6.07) is 17.2. The summed E-state index contributed by atoms with van der Waals surface area (Å²) in [7, 11) is -3.98.